The van der Waals surface area contributed by atoms with Crippen LogP contribution in [0.3, 0.4) is 0 Å². The van der Waals surface area contributed by atoms with Crippen LogP contribution >= 0.6 is 0 Å². The summed E-state index contributed by atoms with van der Waals surface area (Å²) >= 11 is 0. The minimum atomic E-state index is -0.633. The first-order valence-corrected chi connectivity index (χ1v) is 10.1. The number of benzene rings is 2. The average molecular weight is 427 g/mol. The molecule has 0 spiro atoms. The highest BCUT2D eigenvalue weighted by Crippen LogP contribution is 2.25. The molecule has 0 aliphatic carbocycles. The molecule has 0 aliphatic heterocycles. The first-order chi connectivity index (χ1) is 14.9. The fourth-order valence-corrected chi connectivity index (χ4v) is 3.09. The molecular formula is C24H30N2O5. The number of hydrogen-bond donors (Lipinski definition) is 1. The van der Waals surface area contributed by atoms with Crippen molar-refractivity contribution in [1.82, 2.24) is 0 Å². The van der Waals surface area contributed by atoms with Gasteiger partial charge in [0.15, 0.2) is 6.61 Å². The van der Waals surface area contributed by atoms with E-state index in [1.165, 1.54) is 13.2 Å². The van der Waals surface area contributed by atoms with E-state index < -0.39 is 11.9 Å². The molecule has 0 aliphatic rings. The highest BCUT2D eigenvalue weighted by molar-refractivity contribution is 5.94. The fourth-order valence-electron chi connectivity index (χ4n) is 3.09. The Bertz CT molecular complexity index is 907. The zero-order valence-electron chi connectivity index (χ0n) is 18.7. The van der Waals surface area contributed by atoms with Crippen LogP contribution in [0.5, 0.6) is 11.5 Å². The van der Waals surface area contributed by atoms with Gasteiger partial charge in [0.1, 0.15) is 11.5 Å². The van der Waals surface area contributed by atoms with Crippen molar-refractivity contribution >= 4 is 29.3 Å². The Kier molecular flexibility index (Phi) is 8.94. The van der Waals surface area contributed by atoms with Crippen LogP contribution in [0.4, 0.5) is 11.4 Å². The van der Waals surface area contributed by atoms with E-state index in [1.807, 2.05) is 24.3 Å². The van der Waals surface area contributed by atoms with E-state index in [0.29, 0.717) is 28.8 Å². The van der Waals surface area contributed by atoms with Gasteiger partial charge in [0.2, 0.25) is 0 Å². The Morgan fingerprint density at radius 2 is 1.77 bits per heavy atom. The molecular weight excluding hydrogens is 396 g/mol. The summed E-state index contributed by atoms with van der Waals surface area (Å²) in [6.07, 6.45) is 2.79. The molecule has 0 saturated heterocycles. The summed E-state index contributed by atoms with van der Waals surface area (Å²) in [7, 11) is 3.09. The first-order valence-electron chi connectivity index (χ1n) is 10.1. The van der Waals surface area contributed by atoms with Gasteiger partial charge in [0.05, 0.1) is 14.2 Å². The van der Waals surface area contributed by atoms with Crippen LogP contribution in [0.15, 0.2) is 48.5 Å². The summed E-state index contributed by atoms with van der Waals surface area (Å²) in [6.45, 7) is 6.88. The molecule has 31 heavy (non-hydrogen) atoms. The lowest BCUT2D eigenvalue weighted by Crippen LogP contribution is -2.30. The Hall–Kier alpha value is -3.48. The van der Waals surface area contributed by atoms with Gasteiger partial charge >= 0.3 is 5.97 Å². The number of nitrogens with one attached hydrogen (secondary N) is 1. The molecule has 0 saturated carbocycles. The van der Waals surface area contributed by atoms with Crippen molar-refractivity contribution < 1.29 is 23.8 Å². The lowest BCUT2D eigenvalue weighted by molar-refractivity contribution is -0.142. The van der Waals surface area contributed by atoms with Crippen molar-refractivity contribution in [3.8, 4) is 11.5 Å². The van der Waals surface area contributed by atoms with Gasteiger partial charge in [-0.2, -0.15) is 0 Å². The Morgan fingerprint density at radius 1 is 1.06 bits per heavy atom. The van der Waals surface area contributed by atoms with Gasteiger partial charge in [-0.1, -0.05) is 0 Å². The molecule has 2 rings (SSSR count). The zero-order valence-corrected chi connectivity index (χ0v) is 18.7. The van der Waals surface area contributed by atoms with Crippen LogP contribution < -0.4 is 19.7 Å². The van der Waals surface area contributed by atoms with Crippen LogP contribution in [0.25, 0.3) is 6.08 Å². The van der Waals surface area contributed by atoms with Gasteiger partial charge in [-0.25, -0.2) is 4.79 Å². The Balaban J connectivity index is 1.88. The van der Waals surface area contributed by atoms with Crippen molar-refractivity contribution in [1.29, 1.82) is 0 Å². The summed E-state index contributed by atoms with van der Waals surface area (Å²) in [4.78, 5) is 26.3. The summed E-state index contributed by atoms with van der Waals surface area (Å²) in [5.41, 5.74) is 2.38. The number of methoxy groups -OCH3 is 2. The van der Waals surface area contributed by atoms with E-state index in [-0.39, 0.29) is 6.61 Å². The number of ether oxygens (including phenoxy) is 3. The van der Waals surface area contributed by atoms with E-state index in [1.54, 1.807) is 31.4 Å². The molecule has 2 aromatic carbocycles. The second-order valence-corrected chi connectivity index (χ2v) is 7.02. The maximum Gasteiger partial charge on any atom is 0.331 e. The van der Waals surface area contributed by atoms with Gasteiger partial charge in [-0.15, -0.1) is 0 Å². The molecule has 0 heterocycles. The number of hydrogen-bond acceptors (Lipinski definition) is 6. The number of nitrogens with zero attached hydrogens (tertiary/aromatic N) is 1. The number of carbonyl (C=O) groups is 2. The standard InChI is InChI=1S/C24H30N2O5/c1-6-26(17(2)3)20-10-8-19(9-11-20)25-23(27)16-31-24(28)14-7-18-15-21(29-4)12-13-22(18)30-5/h7-15,17H,6,16H2,1-5H3,(H,25,27)/b14-7+. The minimum Gasteiger partial charge on any atom is -0.497 e. The third kappa shape index (κ3) is 7.06. The molecule has 0 bridgehead atoms. The van der Waals surface area contributed by atoms with E-state index >= 15 is 0 Å². The molecule has 7 nitrogen and oxygen atoms in total. The van der Waals surface area contributed by atoms with Crippen molar-refractivity contribution in [2.24, 2.45) is 0 Å². The van der Waals surface area contributed by atoms with Crippen LogP contribution in [-0.2, 0) is 14.3 Å². The zero-order chi connectivity index (χ0) is 22.8. The second kappa shape index (κ2) is 11.6. The predicted octanol–water partition coefficient (Wildman–Crippen LogP) is 4.13. The maximum atomic E-state index is 12.1. The number of carbonyl (C=O) groups excluding carboxylic acids is 2. The predicted molar refractivity (Wildman–Crippen MR) is 123 cm³/mol. The molecule has 0 fully saturated rings. The van der Waals surface area contributed by atoms with Crippen LogP contribution in [0, 0.1) is 0 Å². The number of esters is 1. The van der Waals surface area contributed by atoms with Gasteiger partial charge in [0.25, 0.3) is 5.91 Å². The van der Waals surface area contributed by atoms with Crippen LogP contribution in [0.1, 0.15) is 26.3 Å². The molecule has 1 amide bonds. The third-order valence-corrected chi connectivity index (χ3v) is 4.63. The van der Waals surface area contributed by atoms with Gasteiger partial charge in [-0.3, -0.25) is 4.79 Å². The van der Waals surface area contributed by atoms with E-state index in [4.69, 9.17) is 14.2 Å². The van der Waals surface area contributed by atoms with E-state index in [9.17, 15) is 9.59 Å². The van der Waals surface area contributed by atoms with Crippen molar-refractivity contribution in [2.45, 2.75) is 26.8 Å². The molecule has 0 unspecified atom stereocenters. The smallest absolute Gasteiger partial charge is 0.331 e. The maximum absolute atomic E-state index is 12.1. The van der Waals surface area contributed by atoms with Gasteiger partial charge in [-0.05, 0) is 69.3 Å². The quantitative estimate of drug-likeness (QED) is 0.455. The third-order valence-electron chi connectivity index (χ3n) is 4.63. The van der Waals surface area contributed by atoms with E-state index in [2.05, 4.69) is 31.0 Å². The Labute approximate surface area is 183 Å². The molecule has 0 aromatic heterocycles. The van der Waals surface area contributed by atoms with Crippen LogP contribution in [-0.4, -0.2) is 45.3 Å². The van der Waals surface area contributed by atoms with Crippen molar-refractivity contribution in [2.75, 3.05) is 37.6 Å². The van der Waals surface area contributed by atoms with E-state index in [0.717, 1.165) is 12.2 Å². The highest BCUT2D eigenvalue weighted by Gasteiger charge is 2.10. The summed E-state index contributed by atoms with van der Waals surface area (Å²) in [5, 5.41) is 2.72. The lowest BCUT2D eigenvalue weighted by Gasteiger charge is -2.27. The first kappa shape index (κ1) is 23.8. The normalized spacial score (nSPS) is 10.8. The summed E-state index contributed by atoms with van der Waals surface area (Å²) in [6, 6.07) is 13.2. The largest absolute Gasteiger partial charge is 0.497 e. The number of amides is 1. The van der Waals surface area contributed by atoms with Crippen molar-refractivity contribution in [3.05, 3.63) is 54.1 Å². The summed E-state index contributed by atoms with van der Waals surface area (Å²) in [5.74, 6) is 0.176. The summed E-state index contributed by atoms with van der Waals surface area (Å²) < 4.78 is 15.5. The fraction of sp³-hybridized carbons (Fsp3) is 0.333. The molecule has 1 N–H and O–H groups in total. The molecule has 166 valence electrons. The average Bonchev–Trinajstić information content (AvgIpc) is 2.77. The van der Waals surface area contributed by atoms with Gasteiger partial charge in [0, 0.05) is 35.6 Å². The highest BCUT2D eigenvalue weighted by atomic mass is 16.5. The monoisotopic (exact) mass is 426 g/mol. The van der Waals surface area contributed by atoms with Crippen molar-refractivity contribution in [3.63, 3.8) is 0 Å². The SMILES string of the molecule is CCN(c1ccc(NC(=O)COC(=O)/C=C/c2cc(OC)ccc2OC)cc1)C(C)C. The number of rotatable bonds is 10. The molecule has 0 radical (unpaired) electrons. The van der Waals surface area contributed by atoms with Gasteiger partial charge < -0.3 is 24.4 Å². The Morgan fingerprint density at radius 3 is 2.35 bits per heavy atom. The second-order valence-electron chi connectivity index (χ2n) is 7.02. The van der Waals surface area contributed by atoms with Crippen LogP contribution in [0.2, 0.25) is 0 Å². The molecule has 0 atom stereocenters. The minimum absolute atomic E-state index is 0.382. The molecule has 7 heteroatoms. The topological polar surface area (TPSA) is 77.1 Å². The lowest BCUT2D eigenvalue weighted by atomic mass is 10.1. The number of anilines is 2. The molecule has 2 aromatic rings.